The predicted octanol–water partition coefficient (Wildman–Crippen LogP) is 1.54. The van der Waals surface area contributed by atoms with E-state index in [0.717, 1.165) is 18.8 Å². The summed E-state index contributed by atoms with van der Waals surface area (Å²) in [6.07, 6.45) is 5.13. The van der Waals surface area contributed by atoms with Crippen LogP contribution in [0.5, 0.6) is 0 Å². The number of nitrogens with zero attached hydrogens (tertiary/aromatic N) is 2. The maximum atomic E-state index is 4.39. The molecule has 2 aromatic rings. The van der Waals surface area contributed by atoms with Crippen LogP contribution in [0.25, 0.3) is 10.9 Å². The summed E-state index contributed by atoms with van der Waals surface area (Å²) < 4.78 is 2.11. The van der Waals surface area contributed by atoms with Crippen molar-refractivity contribution in [3.8, 4) is 0 Å². The van der Waals surface area contributed by atoms with Gasteiger partial charge in [0.25, 0.3) is 0 Å². The molecule has 0 saturated carbocycles. The number of aryl methyl sites for hydroxylation is 1. The van der Waals surface area contributed by atoms with E-state index in [1.54, 1.807) is 0 Å². The molecule has 3 heterocycles. The summed E-state index contributed by atoms with van der Waals surface area (Å²) in [6.45, 7) is 1.02. The fourth-order valence-electron chi connectivity index (χ4n) is 2.00. The van der Waals surface area contributed by atoms with Gasteiger partial charge in [-0.3, -0.25) is 0 Å². The normalized spacial score (nSPS) is 14.5. The highest BCUT2D eigenvalue weighted by Crippen LogP contribution is 2.28. The molecule has 0 fully saturated rings. The van der Waals surface area contributed by atoms with Gasteiger partial charge < -0.3 is 9.88 Å². The molecule has 1 aliphatic heterocycles. The van der Waals surface area contributed by atoms with Gasteiger partial charge in [0.15, 0.2) is 0 Å². The summed E-state index contributed by atoms with van der Waals surface area (Å²) >= 11 is 0. The molecule has 0 aromatic carbocycles. The lowest BCUT2D eigenvalue weighted by Gasteiger charge is -2.00. The zero-order chi connectivity index (χ0) is 8.84. The van der Waals surface area contributed by atoms with Gasteiger partial charge in [0, 0.05) is 30.7 Å². The molecule has 0 amide bonds. The summed E-state index contributed by atoms with van der Waals surface area (Å²) in [5.74, 6) is 1.07. The number of hydrogen-bond donors (Lipinski definition) is 1. The van der Waals surface area contributed by atoms with Crippen LogP contribution in [0, 0.1) is 0 Å². The molecule has 1 aliphatic rings. The van der Waals surface area contributed by atoms with Gasteiger partial charge in [-0.05, 0) is 12.5 Å². The van der Waals surface area contributed by atoms with Crippen molar-refractivity contribution in [1.29, 1.82) is 0 Å². The van der Waals surface area contributed by atoms with Crippen LogP contribution in [-0.2, 0) is 13.5 Å². The molecule has 13 heavy (non-hydrogen) atoms. The quantitative estimate of drug-likeness (QED) is 0.655. The standard InChI is InChI=1S/C10H11N3/c1-13-5-3-7-8-2-4-11-10(8)12-6-9(7)13/h3,5-6H,2,4H2,1H3,(H,11,12). The molecule has 0 radical (unpaired) electrons. The maximum Gasteiger partial charge on any atom is 0.129 e. The Bertz CT molecular complexity index is 470. The van der Waals surface area contributed by atoms with E-state index in [2.05, 4.69) is 34.2 Å². The van der Waals surface area contributed by atoms with Gasteiger partial charge in [-0.1, -0.05) is 0 Å². The van der Waals surface area contributed by atoms with Crippen LogP contribution in [0.2, 0.25) is 0 Å². The molecule has 0 spiro atoms. The predicted molar refractivity (Wildman–Crippen MR) is 52.9 cm³/mol. The molecule has 0 saturated heterocycles. The van der Waals surface area contributed by atoms with E-state index in [1.807, 2.05) is 6.20 Å². The van der Waals surface area contributed by atoms with E-state index in [1.165, 1.54) is 16.5 Å². The zero-order valence-electron chi connectivity index (χ0n) is 7.54. The molecular weight excluding hydrogens is 162 g/mol. The first-order valence-corrected chi connectivity index (χ1v) is 4.53. The highest BCUT2D eigenvalue weighted by atomic mass is 15.0. The van der Waals surface area contributed by atoms with E-state index in [9.17, 15) is 0 Å². The number of rotatable bonds is 0. The van der Waals surface area contributed by atoms with E-state index in [0.29, 0.717) is 0 Å². The fraction of sp³-hybridized carbons (Fsp3) is 0.300. The van der Waals surface area contributed by atoms with Crippen molar-refractivity contribution in [1.82, 2.24) is 9.55 Å². The third kappa shape index (κ3) is 0.813. The Morgan fingerprint density at radius 2 is 2.46 bits per heavy atom. The minimum absolute atomic E-state index is 1.02. The second kappa shape index (κ2) is 2.25. The smallest absolute Gasteiger partial charge is 0.129 e. The van der Waals surface area contributed by atoms with Crippen molar-refractivity contribution in [2.45, 2.75) is 6.42 Å². The van der Waals surface area contributed by atoms with Crippen LogP contribution in [0.1, 0.15) is 5.56 Å². The van der Waals surface area contributed by atoms with Crippen LogP contribution in [-0.4, -0.2) is 16.1 Å². The van der Waals surface area contributed by atoms with E-state index < -0.39 is 0 Å². The second-order valence-corrected chi connectivity index (χ2v) is 3.49. The fourth-order valence-corrected chi connectivity index (χ4v) is 2.00. The van der Waals surface area contributed by atoms with Crippen molar-refractivity contribution in [3.05, 3.63) is 24.0 Å². The van der Waals surface area contributed by atoms with Crippen molar-refractivity contribution in [2.75, 3.05) is 11.9 Å². The van der Waals surface area contributed by atoms with Gasteiger partial charge in [-0.15, -0.1) is 0 Å². The number of nitrogens with one attached hydrogen (secondary N) is 1. The topological polar surface area (TPSA) is 29.9 Å². The molecule has 3 rings (SSSR count). The van der Waals surface area contributed by atoms with Gasteiger partial charge in [0.1, 0.15) is 5.82 Å². The van der Waals surface area contributed by atoms with Gasteiger partial charge in [-0.2, -0.15) is 0 Å². The van der Waals surface area contributed by atoms with Crippen LogP contribution < -0.4 is 5.32 Å². The summed E-state index contributed by atoms with van der Waals surface area (Å²) in [7, 11) is 2.05. The molecule has 1 N–H and O–H groups in total. The molecular formula is C10H11N3. The number of hydrogen-bond acceptors (Lipinski definition) is 2. The lowest BCUT2D eigenvalue weighted by molar-refractivity contribution is 0.965. The highest BCUT2D eigenvalue weighted by molar-refractivity contribution is 5.87. The highest BCUT2D eigenvalue weighted by Gasteiger charge is 2.15. The van der Waals surface area contributed by atoms with Crippen molar-refractivity contribution in [3.63, 3.8) is 0 Å². The largest absolute Gasteiger partial charge is 0.369 e. The first kappa shape index (κ1) is 6.95. The first-order valence-electron chi connectivity index (χ1n) is 4.53. The summed E-state index contributed by atoms with van der Waals surface area (Å²) in [5.41, 5.74) is 2.60. The summed E-state index contributed by atoms with van der Waals surface area (Å²) in [6, 6.07) is 2.17. The average molecular weight is 173 g/mol. The van der Waals surface area contributed by atoms with E-state index in [-0.39, 0.29) is 0 Å². The number of pyridine rings is 1. The van der Waals surface area contributed by atoms with Crippen molar-refractivity contribution in [2.24, 2.45) is 7.05 Å². The van der Waals surface area contributed by atoms with Gasteiger partial charge in [0.05, 0.1) is 11.7 Å². The van der Waals surface area contributed by atoms with Crippen molar-refractivity contribution < 1.29 is 0 Å². The Morgan fingerprint density at radius 3 is 3.38 bits per heavy atom. The molecule has 2 aromatic heterocycles. The Kier molecular flexibility index (Phi) is 1.20. The lowest BCUT2D eigenvalue weighted by Crippen LogP contribution is -1.93. The van der Waals surface area contributed by atoms with Gasteiger partial charge in [-0.25, -0.2) is 4.98 Å². The van der Waals surface area contributed by atoms with Crippen molar-refractivity contribution >= 4 is 16.7 Å². The summed E-state index contributed by atoms with van der Waals surface area (Å²) in [5, 5.41) is 4.63. The van der Waals surface area contributed by atoms with Crippen LogP contribution in [0.3, 0.4) is 0 Å². The van der Waals surface area contributed by atoms with Gasteiger partial charge in [0.2, 0.25) is 0 Å². The Balaban J connectivity index is 2.44. The minimum atomic E-state index is 1.02. The van der Waals surface area contributed by atoms with Crippen LogP contribution in [0.15, 0.2) is 18.5 Å². The zero-order valence-corrected chi connectivity index (χ0v) is 7.54. The molecule has 0 unspecified atom stereocenters. The van der Waals surface area contributed by atoms with Gasteiger partial charge >= 0.3 is 0 Å². The molecule has 3 nitrogen and oxygen atoms in total. The molecule has 0 bridgehead atoms. The number of fused-ring (bicyclic) bond motifs is 3. The molecule has 0 atom stereocenters. The Hall–Kier alpha value is -1.51. The number of anilines is 1. The molecule has 0 aliphatic carbocycles. The Morgan fingerprint density at radius 1 is 1.54 bits per heavy atom. The lowest BCUT2D eigenvalue weighted by atomic mass is 10.1. The average Bonchev–Trinajstić information content (AvgIpc) is 2.70. The minimum Gasteiger partial charge on any atom is -0.369 e. The Labute approximate surface area is 76.4 Å². The van der Waals surface area contributed by atoms with E-state index in [4.69, 9.17) is 0 Å². The molecule has 66 valence electrons. The third-order valence-corrected chi connectivity index (χ3v) is 2.72. The second-order valence-electron chi connectivity index (χ2n) is 3.49. The summed E-state index contributed by atoms with van der Waals surface area (Å²) in [4.78, 5) is 4.39. The van der Waals surface area contributed by atoms with Crippen LogP contribution >= 0.6 is 0 Å². The SMILES string of the molecule is Cn1ccc2c3c(ncc21)NCC3. The monoisotopic (exact) mass is 173 g/mol. The maximum absolute atomic E-state index is 4.39. The molecule has 3 heteroatoms. The first-order chi connectivity index (χ1) is 6.36. The number of aromatic nitrogens is 2. The van der Waals surface area contributed by atoms with E-state index >= 15 is 0 Å². The van der Waals surface area contributed by atoms with Crippen LogP contribution in [0.4, 0.5) is 5.82 Å². The third-order valence-electron chi connectivity index (χ3n) is 2.72.